The molecule has 2 aromatic carbocycles. The van der Waals surface area contributed by atoms with E-state index in [0.717, 1.165) is 11.5 Å². The van der Waals surface area contributed by atoms with Gasteiger partial charge in [-0.05, 0) is 43.7 Å². The molecule has 1 atom stereocenters. The van der Waals surface area contributed by atoms with E-state index in [1.54, 1.807) is 43.0 Å². The maximum Gasteiger partial charge on any atom is 0.251 e. The average molecular weight is 391 g/mol. The van der Waals surface area contributed by atoms with Gasteiger partial charge in [-0.2, -0.15) is 11.8 Å². The summed E-state index contributed by atoms with van der Waals surface area (Å²) in [7, 11) is 0. The van der Waals surface area contributed by atoms with Gasteiger partial charge in [-0.15, -0.1) is 0 Å². The molecule has 0 bridgehead atoms. The lowest BCUT2D eigenvalue weighted by atomic mass is 10.2. The predicted octanol–water partition coefficient (Wildman–Crippen LogP) is 3.82. The summed E-state index contributed by atoms with van der Waals surface area (Å²) in [6, 6.07) is 14.4. The Balaban J connectivity index is 1.66. The van der Waals surface area contributed by atoms with E-state index in [1.165, 1.54) is 11.1 Å². The Bertz CT molecular complexity index is 732. The SMILES string of the molecule is Cc1ccc(CSCCNC(=O)C(C)NC(=O)c2ccc(Cl)cc2)cc1. The summed E-state index contributed by atoms with van der Waals surface area (Å²) in [5, 5.41) is 6.10. The van der Waals surface area contributed by atoms with Gasteiger partial charge in [0.25, 0.3) is 5.91 Å². The van der Waals surface area contributed by atoms with Crippen LogP contribution in [0, 0.1) is 6.92 Å². The normalized spacial score (nSPS) is 11.7. The van der Waals surface area contributed by atoms with Crippen LogP contribution in [0.2, 0.25) is 5.02 Å². The molecule has 0 aliphatic carbocycles. The lowest BCUT2D eigenvalue weighted by molar-refractivity contribution is -0.122. The Morgan fingerprint density at radius 1 is 1.08 bits per heavy atom. The monoisotopic (exact) mass is 390 g/mol. The van der Waals surface area contributed by atoms with Crippen molar-refractivity contribution < 1.29 is 9.59 Å². The van der Waals surface area contributed by atoms with E-state index in [2.05, 4.69) is 41.8 Å². The second kappa shape index (κ2) is 10.2. The molecule has 26 heavy (non-hydrogen) atoms. The molecule has 0 aliphatic rings. The molecule has 6 heteroatoms. The molecule has 0 radical (unpaired) electrons. The van der Waals surface area contributed by atoms with Crippen molar-refractivity contribution in [3.05, 3.63) is 70.2 Å². The van der Waals surface area contributed by atoms with Crippen LogP contribution in [0.15, 0.2) is 48.5 Å². The van der Waals surface area contributed by atoms with Crippen LogP contribution in [0.1, 0.15) is 28.4 Å². The Morgan fingerprint density at radius 2 is 1.73 bits per heavy atom. The van der Waals surface area contributed by atoms with Crippen molar-refractivity contribution in [2.45, 2.75) is 25.6 Å². The van der Waals surface area contributed by atoms with Gasteiger partial charge in [-0.3, -0.25) is 9.59 Å². The minimum Gasteiger partial charge on any atom is -0.353 e. The molecule has 0 saturated heterocycles. The molecule has 1 unspecified atom stereocenters. The zero-order valence-electron chi connectivity index (χ0n) is 14.9. The fraction of sp³-hybridized carbons (Fsp3) is 0.300. The first kappa shape index (κ1) is 20.3. The van der Waals surface area contributed by atoms with Crippen molar-refractivity contribution >= 4 is 35.2 Å². The summed E-state index contributed by atoms with van der Waals surface area (Å²) >= 11 is 7.57. The number of carbonyl (C=O) groups excluding carboxylic acids is 2. The third-order valence-corrected chi connectivity index (χ3v) is 5.06. The van der Waals surface area contributed by atoms with Crippen molar-refractivity contribution in [1.29, 1.82) is 0 Å². The van der Waals surface area contributed by atoms with Crippen molar-refractivity contribution in [2.75, 3.05) is 12.3 Å². The van der Waals surface area contributed by atoms with Crippen LogP contribution in [-0.4, -0.2) is 30.2 Å². The van der Waals surface area contributed by atoms with E-state index in [-0.39, 0.29) is 11.8 Å². The number of nitrogens with one attached hydrogen (secondary N) is 2. The number of aryl methyl sites for hydroxylation is 1. The van der Waals surface area contributed by atoms with Crippen LogP contribution in [0.25, 0.3) is 0 Å². The largest absolute Gasteiger partial charge is 0.353 e. The Hall–Kier alpha value is -1.98. The minimum atomic E-state index is -0.597. The summed E-state index contributed by atoms with van der Waals surface area (Å²) in [6.45, 7) is 4.30. The molecule has 0 saturated carbocycles. The number of hydrogen-bond donors (Lipinski definition) is 2. The summed E-state index contributed by atoms with van der Waals surface area (Å²) in [6.07, 6.45) is 0. The molecule has 4 nitrogen and oxygen atoms in total. The van der Waals surface area contributed by atoms with Crippen molar-refractivity contribution in [3.8, 4) is 0 Å². The van der Waals surface area contributed by atoms with Crippen molar-refractivity contribution in [1.82, 2.24) is 10.6 Å². The summed E-state index contributed by atoms with van der Waals surface area (Å²) < 4.78 is 0. The van der Waals surface area contributed by atoms with E-state index < -0.39 is 6.04 Å². The van der Waals surface area contributed by atoms with E-state index in [9.17, 15) is 9.59 Å². The van der Waals surface area contributed by atoms with E-state index in [4.69, 9.17) is 11.6 Å². The van der Waals surface area contributed by atoms with Gasteiger partial charge >= 0.3 is 0 Å². The van der Waals surface area contributed by atoms with Gasteiger partial charge in [0.05, 0.1) is 0 Å². The lowest BCUT2D eigenvalue weighted by Crippen LogP contribution is -2.45. The highest BCUT2D eigenvalue weighted by molar-refractivity contribution is 7.98. The fourth-order valence-corrected chi connectivity index (χ4v) is 3.17. The van der Waals surface area contributed by atoms with Gasteiger partial charge in [-0.25, -0.2) is 0 Å². The van der Waals surface area contributed by atoms with E-state index >= 15 is 0 Å². The first-order valence-electron chi connectivity index (χ1n) is 8.43. The van der Waals surface area contributed by atoms with Gasteiger partial charge in [0.2, 0.25) is 5.91 Å². The number of amides is 2. The molecule has 0 fully saturated rings. The molecule has 0 aromatic heterocycles. The summed E-state index contributed by atoms with van der Waals surface area (Å²) in [5.41, 5.74) is 3.00. The molecular formula is C20H23ClN2O2S. The number of rotatable bonds is 8. The highest BCUT2D eigenvalue weighted by atomic mass is 35.5. The van der Waals surface area contributed by atoms with Crippen LogP contribution in [-0.2, 0) is 10.5 Å². The minimum absolute atomic E-state index is 0.191. The van der Waals surface area contributed by atoms with Crippen molar-refractivity contribution in [2.24, 2.45) is 0 Å². The van der Waals surface area contributed by atoms with Crippen LogP contribution in [0.3, 0.4) is 0 Å². The number of benzene rings is 2. The average Bonchev–Trinajstić information content (AvgIpc) is 2.63. The third kappa shape index (κ3) is 6.73. The summed E-state index contributed by atoms with van der Waals surface area (Å²) in [4.78, 5) is 24.2. The number of thioether (sulfide) groups is 1. The summed E-state index contributed by atoms with van der Waals surface area (Å²) in [5.74, 6) is 1.25. The number of hydrogen-bond acceptors (Lipinski definition) is 3. The second-order valence-corrected chi connectivity index (χ2v) is 7.57. The second-order valence-electron chi connectivity index (χ2n) is 6.03. The van der Waals surface area contributed by atoms with Gasteiger partial charge in [0.15, 0.2) is 0 Å². The van der Waals surface area contributed by atoms with E-state index in [0.29, 0.717) is 17.1 Å². The molecule has 0 spiro atoms. The standard InChI is InChI=1S/C20H23ClN2O2S/c1-14-3-5-16(6-4-14)13-26-12-11-22-19(24)15(2)23-20(25)17-7-9-18(21)10-8-17/h3-10,15H,11-13H2,1-2H3,(H,22,24)(H,23,25). The highest BCUT2D eigenvalue weighted by Crippen LogP contribution is 2.12. The van der Waals surface area contributed by atoms with Crippen molar-refractivity contribution in [3.63, 3.8) is 0 Å². The molecule has 0 aliphatic heterocycles. The maximum absolute atomic E-state index is 12.1. The molecule has 2 N–H and O–H groups in total. The van der Waals surface area contributed by atoms with Crippen LogP contribution in [0.5, 0.6) is 0 Å². The highest BCUT2D eigenvalue weighted by Gasteiger charge is 2.16. The molecule has 2 rings (SSSR count). The van der Waals surface area contributed by atoms with Crippen LogP contribution in [0.4, 0.5) is 0 Å². The Kier molecular flexibility index (Phi) is 8.01. The number of carbonyl (C=O) groups is 2. The zero-order chi connectivity index (χ0) is 18.9. The van der Waals surface area contributed by atoms with Crippen LogP contribution < -0.4 is 10.6 Å². The quantitative estimate of drug-likeness (QED) is 0.674. The molecule has 0 heterocycles. The molecule has 2 amide bonds. The Morgan fingerprint density at radius 3 is 2.38 bits per heavy atom. The molecule has 2 aromatic rings. The first-order valence-corrected chi connectivity index (χ1v) is 9.96. The van der Waals surface area contributed by atoms with Gasteiger partial charge < -0.3 is 10.6 Å². The lowest BCUT2D eigenvalue weighted by Gasteiger charge is -2.14. The topological polar surface area (TPSA) is 58.2 Å². The predicted molar refractivity (Wildman–Crippen MR) is 109 cm³/mol. The maximum atomic E-state index is 12.1. The number of halogens is 1. The van der Waals surface area contributed by atoms with E-state index in [1.807, 2.05) is 0 Å². The van der Waals surface area contributed by atoms with Gasteiger partial charge in [-0.1, -0.05) is 41.4 Å². The molecular weight excluding hydrogens is 368 g/mol. The third-order valence-electron chi connectivity index (χ3n) is 3.78. The smallest absolute Gasteiger partial charge is 0.251 e. The van der Waals surface area contributed by atoms with Crippen LogP contribution >= 0.6 is 23.4 Å². The Labute approximate surface area is 163 Å². The fourth-order valence-electron chi connectivity index (χ4n) is 2.22. The van der Waals surface area contributed by atoms with Gasteiger partial charge in [0.1, 0.15) is 6.04 Å². The molecule has 138 valence electrons. The zero-order valence-corrected chi connectivity index (χ0v) is 16.5. The van der Waals surface area contributed by atoms with Gasteiger partial charge in [0, 0.05) is 28.6 Å². The first-order chi connectivity index (χ1) is 12.5.